The van der Waals surface area contributed by atoms with Crippen LogP contribution >= 0.6 is 0 Å². The standard InChI is InChI=1S/C34H38FN3O2/c1-23-14-24-17-33(2,37-32(40)27-10-8-26(9-11-27)25-6-4-3-5-7-25)22-34(16-23,18-24)36-19-31(39)38-20-28-12-13-30(35)15-29(28)21-38/h3-13,15,23-24,36H,14,16-22H2,1-2H3,(H,37,40). The van der Waals surface area contributed by atoms with Gasteiger partial charge in [-0.05, 0) is 97.4 Å². The first kappa shape index (κ1) is 26.7. The highest BCUT2D eigenvalue weighted by molar-refractivity contribution is 5.95. The first-order valence-electron chi connectivity index (χ1n) is 14.5. The van der Waals surface area contributed by atoms with Crippen LogP contribution < -0.4 is 10.6 Å². The van der Waals surface area contributed by atoms with Gasteiger partial charge in [-0.15, -0.1) is 0 Å². The predicted molar refractivity (Wildman–Crippen MR) is 155 cm³/mol. The van der Waals surface area contributed by atoms with Crippen LogP contribution in [0.25, 0.3) is 11.1 Å². The van der Waals surface area contributed by atoms with Crippen molar-refractivity contribution in [2.45, 2.75) is 70.1 Å². The number of benzene rings is 3. The molecule has 2 fully saturated rings. The quantitative estimate of drug-likeness (QED) is 0.399. The Hall–Kier alpha value is -3.51. The van der Waals surface area contributed by atoms with E-state index in [2.05, 4.69) is 36.6 Å². The zero-order chi connectivity index (χ0) is 27.9. The smallest absolute Gasteiger partial charge is 0.251 e. The van der Waals surface area contributed by atoms with Gasteiger partial charge in [-0.1, -0.05) is 55.5 Å². The van der Waals surface area contributed by atoms with E-state index in [-0.39, 0.29) is 35.3 Å². The molecule has 208 valence electrons. The average molecular weight is 540 g/mol. The largest absolute Gasteiger partial charge is 0.347 e. The molecule has 4 atom stereocenters. The summed E-state index contributed by atoms with van der Waals surface area (Å²) in [6.07, 6.45) is 4.87. The van der Waals surface area contributed by atoms with E-state index in [0.29, 0.717) is 30.5 Å². The second-order valence-electron chi connectivity index (χ2n) is 12.8. The lowest BCUT2D eigenvalue weighted by molar-refractivity contribution is -0.131. The van der Waals surface area contributed by atoms with Crippen LogP contribution in [0, 0.1) is 17.7 Å². The van der Waals surface area contributed by atoms with Gasteiger partial charge in [0.2, 0.25) is 5.91 Å². The van der Waals surface area contributed by atoms with Gasteiger partial charge in [0, 0.05) is 29.7 Å². The van der Waals surface area contributed by atoms with Crippen molar-refractivity contribution in [2.24, 2.45) is 11.8 Å². The van der Waals surface area contributed by atoms with Crippen molar-refractivity contribution in [2.75, 3.05) is 6.54 Å². The van der Waals surface area contributed by atoms with Crippen molar-refractivity contribution in [3.8, 4) is 11.1 Å². The molecule has 1 heterocycles. The van der Waals surface area contributed by atoms with Gasteiger partial charge in [0.15, 0.2) is 0 Å². The third-order valence-corrected chi connectivity index (χ3v) is 9.15. The number of hydrogen-bond donors (Lipinski definition) is 2. The zero-order valence-corrected chi connectivity index (χ0v) is 23.4. The Morgan fingerprint density at radius 1 is 0.925 bits per heavy atom. The topological polar surface area (TPSA) is 61.4 Å². The van der Waals surface area contributed by atoms with Gasteiger partial charge in [0.25, 0.3) is 5.91 Å². The highest BCUT2D eigenvalue weighted by atomic mass is 19.1. The molecule has 1 aliphatic heterocycles. The van der Waals surface area contributed by atoms with E-state index in [1.54, 1.807) is 11.0 Å². The molecule has 40 heavy (non-hydrogen) atoms. The minimum atomic E-state index is -0.365. The van der Waals surface area contributed by atoms with Gasteiger partial charge in [-0.2, -0.15) is 0 Å². The summed E-state index contributed by atoms with van der Waals surface area (Å²) in [7, 11) is 0. The predicted octanol–water partition coefficient (Wildman–Crippen LogP) is 6.08. The maximum Gasteiger partial charge on any atom is 0.251 e. The Kier molecular flexibility index (Phi) is 6.99. The number of carbonyl (C=O) groups excluding carboxylic acids is 2. The summed E-state index contributed by atoms with van der Waals surface area (Å²) in [5, 5.41) is 7.08. The normalized spacial score (nSPS) is 27.2. The summed E-state index contributed by atoms with van der Waals surface area (Å²) >= 11 is 0. The SMILES string of the molecule is CC1CC2CC(C)(NC(=O)c3ccc(-c4ccccc4)cc3)CC(NCC(=O)N3Cc4ccc(F)cc4C3)(C1)C2. The molecule has 2 saturated carbocycles. The molecule has 5 nitrogen and oxygen atoms in total. The van der Waals surface area contributed by atoms with E-state index < -0.39 is 0 Å². The number of hydrogen-bond acceptors (Lipinski definition) is 3. The fourth-order valence-electron chi connectivity index (χ4n) is 7.80. The molecule has 3 aliphatic rings. The maximum atomic E-state index is 13.7. The molecule has 0 saturated heterocycles. The van der Waals surface area contributed by atoms with Crippen LogP contribution in [0.3, 0.4) is 0 Å². The molecule has 2 bridgehead atoms. The number of nitrogens with zero attached hydrogens (tertiary/aromatic N) is 1. The monoisotopic (exact) mass is 539 g/mol. The maximum absolute atomic E-state index is 13.7. The first-order chi connectivity index (χ1) is 19.2. The molecule has 6 heteroatoms. The average Bonchev–Trinajstić information content (AvgIpc) is 3.35. The lowest BCUT2D eigenvalue weighted by atomic mass is 9.58. The fraction of sp³-hybridized carbons (Fsp3) is 0.412. The van der Waals surface area contributed by atoms with Crippen molar-refractivity contribution >= 4 is 11.8 Å². The van der Waals surface area contributed by atoms with Crippen LogP contribution in [0.5, 0.6) is 0 Å². The van der Waals surface area contributed by atoms with Crippen LogP contribution in [0.2, 0.25) is 0 Å². The third kappa shape index (κ3) is 5.55. The second kappa shape index (κ2) is 10.5. The van der Waals surface area contributed by atoms with Gasteiger partial charge in [-0.3, -0.25) is 9.59 Å². The molecular weight excluding hydrogens is 501 g/mol. The van der Waals surface area contributed by atoms with E-state index in [9.17, 15) is 14.0 Å². The number of nitrogens with one attached hydrogen (secondary N) is 2. The molecule has 0 aromatic heterocycles. The van der Waals surface area contributed by atoms with Crippen molar-refractivity contribution in [3.63, 3.8) is 0 Å². The van der Waals surface area contributed by atoms with Crippen molar-refractivity contribution in [3.05, 3.63) is 95.3 Å². The summed E-state index contributed by atoms with van der Waals surface area (Å²) in [6, 6.07) is 22.7. The van der Waals surface area contributed by atoms with Gasteiger partial charge in [0.05, 0.1) is 6.54 Å². The Labute approximate surface area is 236 Å². The zero-order valence-electron chi connectivity index (χ0n) is 23.4. The molecule has 3 aromatic carbocycles. The van der Waals surface area contributed by atoms with E-state index in [4.69, 9.17) is 0 Å². The van der Waals surface area contributed by atoms with Crippen LogP contribution in [0.15, 0.2) is 72.8 Å². The Morgan fingerprint density at radius 2 is 1.65 bits per heavy atom. The van der Waals surface area contributed by atoms with E-state index in [1.807, 2.05) is 42.5 Å². The van der Waals surface area contributed by atoms with Gasteiger partial charge < -0.3 is 15.5 Å². The van der Waals surface area contributed by atoms with E-state index >= 15 is 0 Å². The molecule has 0 radical (unpaired) electrons. The van der Waals surface area contributed by atoms with Crippen molar-refractivity contribution < 1.29 is 14.0 Å². The molecule has 3 aromatic rings. The van der Waals surface area contributed by atoms with Gasteiger partial charge in [-0.25, -0.2) is 4.39 Å². The van der Waals surface area contributed by atoms with Crippen molar-refractivity contribution in [1.29, 1.82) is 0 Å². The highest BCUT2D eigenvalue weighted by Crippen LogP contribution is 2.49. The van der Waals surface area contributed by atoms with Crippen LogP contribution in [-0.2, 0) is 17.9 Å². The molecule has 4 unspecified atom stereocenters. The molecule has 6 rings (SSSR count). The Balaban J connectivity index is 1.12. The van der Waals surface area contributed by atoms with Gasteiger partial charge in [0.1, 0.15) is 5.82 Å². The molecule has 2 N–H and O–H groups in total. The van der Waals surface area contributed by atoms with Crippen LogP contribution in [0.1, 0.15) is 67.4 Å². The highest BCUT2D eigenvalue weighted by Gasteiger charge is 2.50. The van der Waals surface area contributed by atoms with Crippen molar-refractivity contribution in [1.82, 2.24) is 15.5 Å². The number of halogens is 1. The third-order valence-electron chi connectivity index (χ3n) is 9.15. The Bertz CT molecular complexity index is 1400. The fourth-order valence-corrected chi connectivity index (χ4v) is 7.80. The molecular formula is C34H38FN3O2. The number of fused-ring (bicyclic) bond motifs is 3. The summed E-state index contributed by atoms with van der Waals surface area (Å²) < 4.78 is 13.7. The van der Waals surface area contributed by atoms with Crippen LogP contribution in [0.4, 0.5) is 4.39 Å². The minimum absolute atomic E-state index is 0.0376. The summed E-state index contributed by atoms with van der Waals surface area (Å²) in [6.45, 7) is 5.69. The summed E-state index contributed by atoms with van der Waals surface area (Å²) in [4.78, 5) is 28.4. The second-order valence-corrected chi connectivity index (χ2v) is 12.8. The van der Waals surface area contributed by atoms with Gasteiger partial charge >= 0.3 is 0 Å². The Morgan fingerprint density at radius 3 is 2.42 bits per heavy atom. The number of carbonyl (C=O) groups is 2. The first-order valence-corrected chi connectivity index (χ1v) is 14.5. The molecule has 2 amide bonds. The van der Waals surface area contributed by atoms with Crippen LogP contribution in [-0.4, -0.2) is 34.3 Å². The summed E-state index contributed by atoms with van der Waals surface area (Å²) in [5.74, 6) is 0.776. The number of rotatable bonds is 6. The summed E-state index contributed by atoms with van der Waals surface area (Å²) in [5.41, 5.74) is 4.22. The lowest BCUT2D eigenvalue weighted by Crippen LogP contribution is -2.64. The molecule has 2 aliphatic carbocycles. The number of amides is 2. The van der Waals surface area contributed by atoms with E-state index in [0.717, 1.165) is 54.4 Å². The lowest BCUT2D eigenvalue weighted by Gasteiger charge is -2.55. The molecule has 0 spiro atoms. The van der Waals surface area contributed by atoms with E-state index in [1.165, 1.54) is 12.1 Å². The minimum Gasteiger partial charge on any atom is -0.347 e.